The first-order valence-electron chi connectivity index (χ1n) is 5.26. The lowest BCUT2D eigenvalue weighted by atomic mass is 9.90. The predicted molar refractivity (Wildman–Crippen MR) is 65.2 cm³/mol. The predicted octanol–water partition coefficient (Wildman–Crippen LogP) is 2.06. The van der Waals surface area contributed by atoms with E-state index in [1.807, 2.05) is 37.4 Å². The summed E-state index contributed by atoms with van der Waals surface area (Å²) in [5, 5.41) is 2.24. The van der Waals surface area contributed by atoms with Gasteiger partial charge >= 0.3 is 0 Å². The van der Waals surface area contributed by atoms with E-state index in [0.29, 0.717) is 6.61 Å². The minimum absolute atomic E-state index is 0.477. The standard InChI is InChI=1S/C13H16N2O/c1-13(14,9-16-2)12-5-3-4-10-8-15-7-6-11(10)12/h3-8H,9,14H2,1-2H3. The van der Waals surface area contributed by atoms with Crippen LogP contribution in [0.25, 0.3) is 10.8 Å². The van der Waals surface area contributed by atoms with Crippen molar-refractivity contribution < 1.29 is 4.74 Å². The van der Waals surface area contributed by atoms with E-state index in [9.17, 15) is 0 Å². The van der Waals surface area contributed by atoms with Gasteiger partial charge in [-0.2, -0.15) is 0 Å². The normalized spacial score (nSPS) is 14.9. The molecule has 0 spiro atoms. The number of pyridine rings is 1. The number of rotatable bonds is 3. The van der Waals surface area contributed by atoms with Crippen molar-refractivity contribution in [3.63, 3.8) is 0 Å². The van der Waals surface area contributed by atoms with Crippen molar-refractivity contribution in [2.24, 2.45) is 5.73 Å². The van der Waals surface area contributed by atoms with E-state index in [0.717, 1.165) is 16.3 Å². The highest BCUT2D eigenvalue weighted by Crippen LogP contribution is 2.26. The van der Waals surface area contributed by atoms with E-state index < -0.39 is 5.54 Å². The van der Waals surface area contributed by atoms with Gasteiger partial charge in [-0.1, -0.05) is 18.2 Å². The van der Waals surface area contributed by atoms with Gasteiger partial charge in [0.1, 0.15) is 0 Å². The summed E-state index contributed by atoms with van der Waals surface area (Å²) in [5.41, 5.74) is 6.88. The summed E-state index contributed by atoms with van der Waals surface area (Å²) in [4.78, 5) is 4.11. The van der Waals surface area contributed by atoms with Crippen LogP contribution >= 0.6 is 0 Å². The quantitative estimate of drug-likeness (QED) is 0.854. The summed E-state index contributed by atoms with van der Waals surface area (Å²) in [6.45, 7) is 2.47. The third-order valence-electron chi connectivity index (χ3n) is 2.74. The fraction of sp³-hybridized carbons (Fsp3) is 0.308. The van der Waals surface area contributed by atoms with Crippen molar-refractivity contribution in [2.45, 2.75) is 12.5 Å². The summed E-state index contributed by atoms with van der Waals surface area (Å²) >= 11 is 0. The minimum atomic E-state index is -0.477. The molecule has 3 heteroatoms. The fourth-order valence-electron chi connectivity index (χ4n) is 2.00. The zero-order chi connectivity index (χ0) is 11.6. The Morgan fingerprint density at radius 1 is 1.38 bits per heavy atom. The molecule has 84 valence electrons. The lowest BCUT2D eigenvalue weighted by Gasteiger charge is -2.25. The molecule has 0 amide bonds. The molecule has 0 aliphatic rings. The highest BCUT2D eigenvalue weighted by molar-refractivity contribution is 5.85. The molecular formula is C13H16N2O. The van der Waals surface area contributed by atoms with Crippen molar-refractivity contribution in [3.8, 4) is 0 Å². The average molecular weight is 216 g/mol. The molecule has 0 radical (unpaired) electrons. The number of ether oxygens (including phenoxy) is 1. The van der Waals surface area contributed by atoms with Crippen LogP contribution in [0.3, 0.4) is 0 Å². The molecule has 0 saturated heterocycles. The number of benzene rings is 1. The first-order valence-corrected chi connectivity index (χ1v) is 5.26. The lowest BCUT2D eigenvalue weighted by molar-refractivity contribution is 0.141. The molecule has 2 rings (SSSR count). The second-order valence-corrected chi connectivity index (χ2v) is 4.25. The SMILES string of the molecule is COCC(C)(N)c1cccc2cnccc12. The van der Waals surface area contributed by atoms with Gasteiger partial charge in [-0.25, -0.2) is 0 Å². The molecule has 0 aliphatic heterocycles. The maximum atomic E-state index is 6.27. The Morgan fingerprint density at radius 3 is 2.94 bits per heavy atom. The summed E-state index contributed by atoms with van der Waals surface area (Å²) < 4.78 is 5.17. The van der Waals surface area contributed by atoms with Crippen LogP contribution in [0.5, 0.6) is 0 Å². The Morgan fingerprint density at radius 2 is 2.19 bits per heavy atom. The molecule has 0 fully saturated rings. The Hall–Kier alpha value is -1.45. The van der Waals surface area contributed by atoms with Gasteiger partial charge in [-0.15, -0.1) is 0 Å². The molecule has 0 aliphatic carbocycles. The molecule has 16 heavy (non-hydrogen) atoms. The van der Waals surface area contributed by atoms with Gasteiger partial charge in [0.2, 0.25) is 0 Å². The van der Waals surface area contributed by atoms with Crippen molar-refractivity contribution in [2.75, 3.05) is 13.7 Å². The van der Waals surface area contributed by atoms with Gasteiger partial charge in [0.05, 0.1) is 12.1 Å². The summed E-state index contributed by atoms with van der Waals surface area (Å²) in [7, 11) is 1.66. The number of aromatic nitrogens is 1. The number of nitrogens with two attached hydrogens (primary N) is 1. The maximum absolute atomic E-state index is 6.27. The highest BCUT2D eigenvalue weighted by Gasteiger charge is 2.22. The van der Waals surface area contributed by atoms with Crippen molar-refractivity contribution in [1.29, 1.82) is 0 Å². The Balaban J connectivity index is 2.60. The second-order valence-electron chi connectivity index (χ2n) is 4.25. The van der Waals surface area contributed by atoms with Crippen molar-refractivity contribution in [1.82, 2.24) is 4.98 Å². The first-order chi connectivity index (χ1) is 7.65. The van der Waals surface area contributed by atoms with Gasteiger partial charge in [-0.05, 0) is 23.9 Å². The van der Waals surface area contributed by atoms with Gasteiger partial charge in [0.15, 0.2) is 0 Å². The van der Waals surface area contributed by atoms with Crippen molar-refractivity contribution in [3.05, 3.63) is 42.2 Å². The Labute approximate surface area is 95.2 Å². The zero-order valence-electron chi connectivity index (χ0n) is 9.60. The molecule has 1 heterocycles. The molecule has 0 bridgehead atoms. The van der Waals surface area contributed by atoms with Crippen LogP contribution in [-0.4, -0.2) is 18.7 Å². The third kappa shape index (κ3) is 1.92. The lowest BCUT2D eigenvalue weighted by Crippen LogP contribution is -2.37. The van der Waals surface area contributed by atoms with E-state index in [1.54, 1.807) is 13.3 Å². The van der Waals surface area contributed by atoms with Crippen LogP contribution in [0.15, 0.2) is 36.7 Å². The van der Waals surface area contributed by atoms with Crippen LogP contribution in [0.4, 0.5) is 0 Å². The van der Waals surface area contributed by atoms with Crippen molar-refractivity contribution >= 4 is 10.8 Å². The number of hydrogen-bond donors (Lipinski definition) is 1. The number of nitrogens with zero attached hydrogens (tertiary/aromatic N) is 1. The molecular weight excluding hydrogens is 200 g/mol. The topological polar surface area (TPSA) is 48.1 Å². The van der Waals surface area contributed by atoms with E-state index in [2.05, 4.69) is 4.98 Å². The minimum Gasteiger partial charge on any atom is -0.382 e. The maximum Gasteiger partial charge on any atom is 0.0681 e. The van der Waals surface area contributed by atoms with E-state index in [-0.39, 0.29) is 0 Å². The smallest absolute Gasteiger partial charge is 0.0681 e. The third-order valence-corrected chi connectivity index (χ3v) is 2.74. The highest BCUT2D eigenvalue weighted by atomic mass is 16.5. The summed E-state index contributed by atoms with van der Waals surface area (Å²) in [6, 6.07) is 8.07. The van der Waals surface area contributed by atoms with Crippen LogP contribution in [0, 0.1) is 0 Å². The van der Waals surface area contributed by atoms with Gasteiger partial charge in [0.25, 0.3) is 0 Å². The van der Waals surface area contributed by atoms with Crippen LogP contribution in [-0.2, 0) is 10.3 Å². The summed E-state index contributed by atoms with van der Waals surface area (Å²) in [5.74, 6) is 0. The monoisotopic (exact) mass is 216 g/mol. The largest absolute Gasteiger partial charge is 0.382 e. The van der Waals surface area contributed by atoms with Gasteiger partial charge in [0, 0.05) is 24.9 Å². The van der Waals surface area contributed by atoms with Gasteiger partial charge < -0.3 is 10.5 Å². The summed E-state index contributed by atoms with van der Waals surface area (Å²) in [6.07, 6.45) is 3.64. The average Bonchev–Trinajstić information content (AvgIpc) is 2.28. The molecule has 0 saturated carbocycles. The first kappa shape index (κ1) is 11.0. The number of methoxy groups -OCH3 is 1. The molecule has 3 nitrogen and oxygen atoms in total. The van der Waals surface area contributed by atoms with Crippen LogP contribution in [0.2, 0.25) is 0 Å². The zero-order valence-corrected chi connectivity index (χ0v) is 9.60. The molecule has 1 atom stereocenters. The fourth-order valence-corrected chi connectivity index (χ4v) is 2.00. The van der Waals surface area contributed by atoms with E-state index >= 15 is 0 Å². The molecule has 1 aromatic carbocycles. The number of fused-ring (bicyclic) bond motifs is 1. The van der Waals surface area contributed by atoms with Crippen LogP contribution < -0.4 is 5.73 Å². The van der Waals surface area contributed by atoms with Gasteiger partial charge in [-0.3, -0.25) is 4.98 Å². The number of hydrogen-bond acceptors (Lipinski definition) is 3. The molecule has 2 N–H and O–H groups in total. The Bertz CT molecular complexity index is 489. The molecule has 1 aromatic heterocycles. The molecule has 1 unspecified atom stereocenters. The van der Waals surface area contributed by atoms with E-state index in [1.165, 1.54) is 0 Å². The van der Waals surface area contributed by atoms with Crippen LogP contribution in [0.1, 0.15) is 12.5 Å². The molecule has 2 aromatic rings. The van der Waals surface area contributed by atoms with E-state index in [4.69, 9.17) is 10.5 Å². The second kappa shape index (κ2) is 4.20. The Kier molecular flexibility index (Phi) is 2.90.